The Morgan fingerprint density at radius 2 is 1.79 bits per heavy atom. The number of nitriles is 1. The molecule has 0 radical (unpaired) electrons. The lowest BCUT2D eigenvalue weighted by Gasteiger charge is -2.08. The fourth-order valence-corrected chi connectivity index (χ4v) is 1.63. The van der Waals surface area contributed by atoms with Crippen LogP contribution in [0.3, 0.4) is 0 Å². The highest BCUT2D eigenvalue weighted by molar-refractivity contribution is 5.94. The molecule has 0 unspecified atom stereocenters. The minimum absolute atomic E-state index is 0.0744. The first-order valence-corrected chi connectivity index (χ1v) is 5.50. The first-order chi connectivity index (χ1) is 9.10. The number of hydrogen-bond donors (Lipinski definition) is 3. The Morgan fingerprint density at radius 1 is 1.16 bits per heavy atom. The third-order valence-corrected chi connectivity index (χ3v) is 2.58. The van der Waals surface area contributed by atoms with Gasteiger partial charge in [0, 0.05) is 17.1 Å². The Morgan fingerprint density at radius 3 is 2.32 bits per heavy atom. The number of aromatic carboxylic acids is 1. The van der Waals surface area contributed by atoms with Crippen LogP contribution in [0, 0.1) is 11.3 Å². The number of carboxylic acid groups (broad SMARTS) is 1. The van der Waals surface area contributed by atoms with Gasteiger partial charge < -0.3 is 16.2 Å². The zero-order valence-corrected chi connectivity index (χ0v) is 9.92. The molecule has 0 heterocycles. The van der Waals surface area contributed by atoms with E-state index in [1.807, 2.05) is 6.07 Å². The van der Waals surface area contributed by atoms with E-state index in [0.717, 1.165) is 5.69 Å². The van der Waals surface area contributed by atoms with Crippen LogP contribution in [0.15, 0.2) is 42.5 Å². The number of rotatable bonds is 3. The van der Waals surface area contributed by atoms with Gasteiger partial charge >= 0.3 is 5.97 Å². The maximum absolute atomic E-state index is 10.8. The Bertz CT molecular complexity index is 657. The number of hydrogen-bond acceptors (Lipinski definition) is 4. The molecule has 4 N–H and O–H groups in total. The second-order valence-electron chi connectivity index (χ2n) is 3.92. The summed E-state index contributed by atoms with van der Waals surface area (Å²) in [6.07, 6.45) is 0. The minimum atomic E-state index is -1.05. The highest BCUT2D eigenvalue weighted by atomic mass is 16.4. The molecular weight excluding hydrogens is 242 g/mol. The van der Waals surface area contributed by atoms with Crippen LogP contribution in [0.2, 0.25) is 0 Å². The predicted octanol–water partition coefficient (Wildman–Crippen LogP) is 2.58. The molecule has 94 valence electrons. The molecule has 2 rings (SSSR count). The van der Waals surface area contributed by atoms with Gasteiger partial charge in [0.1, 0.15) is 0 Å². The van der Waals surface area contributed by atoms with Crippen LogP contribution in [0.4, 0.5) is 17.1 Å². The van der Waals surface area contributed by atoms with E-state index in [1.54, 1.807) is 36.4 Å². The Labute approximate surface area is 109 Å². The molecule has 0 aliphatic heterocycles. The molecule has 0 saturated heterocycles. The van der Waals surface area contributed by atoms with Crippen LogP contribution in [0.5, 0.6) is 0 Å². The molecule has 5 nitrogen and oxygen atoms in total. The van der Waals surface area contributed by atoms with E-state index < -0.39 is 5.97 Å². The maximum Gasteiger partial charge on any atom is 0.337 e. The summed E-state index contributed by atoms with van der Waals surface area (Å²) < 4.78 is 0. The quantitative estimate of drug-likeness (QED) is 0.730. The molecule has 0 aliphatic rings. The van der Waals surface area contributed by atoms with E-state index in [4.69, 9.17) is 16.1 Å². The van der Waals surface area contributed by atoms with Crippen molar-refractivity contribution in [3.05, 3.63) is 53.6 Å². The number of nitrogens with two attached hydrogens (primary N) is 1. The largest absolute Gasteiger partial charge is 0.478 e. The van der Waals surface area contributed by atoms with Gasteiger partial charge in [-0.2, -0.15) is 5.26 Å². The van der Waals surface area contributed by atoms with Gasteiger partial charge in [-0.3, -0.25) is 0 Å². The summed E-state index contributed by atoms with van der Waals surface area (Å²) in [6.45, 7) is 0. The molecule has 0 aromatic heterocycles. The van der Waals surface area contributed by atoms with E-state index in [9.17, 15) is 4.79 Å². The number of nitrogens with zero attached hydrogens (tertiary/aromatic N) is 1. The van der Waals surface area contributed by atoms with Gasteiger partial charge in [0.05, 0.1) is 17.2 Å². The molecule has 0 atom stereocenters. The molecule has 0 aliphatic carbocycles. The third kappa shape index (κ3) is 2.82. The fourth-order valence-electron chi connectivity index (χ4n) is 1.63. The molecule has 19 heavy (non-hydrogen) atoms. The van der Waals surface area contributed by atoms with Crippen LogP contribution in [0.1, 0.15) is 15.9 Å². The molecule has 0 fully saturated rings. The lowest BCUT2D eigenvalue weighted by Crippen LogP contribution is -2.02. The van der Waals surface area contributed by atoms with E-state index in [2.05, 4.69) is 5.32 Å². The minimum Gasteiger partial charge on any atom is -0.478 e. The van der Waals surface area contributed by atoms with Gasteiger partial charge in [0.15, 0.2) is 0 Å². The summed E-state index contributed by atoms with van der Waals surface area (Å²) in [6, 6.07) is 13.6. The molecule has 0 bridgehead atoms. The van der Waals surface area contributed by atoms with Crippen LogP contribution in [-0.4, -0.2) is 11.1 Å². The summed E-state index contributed by atoms with van der Waals surface area (Å²) in [5.41, 5.74) is 7.99. The van der Waals surface area contributed by atoms with Gasteiger partial charge in [-0.25, -0.2) is 4.79 Å². The standard InChI is InChI=1S/C14H11N3O2/c15-8-9-1-3-10(4-2-9)17-11-5-6-12(14(18)19)13(16)7-11/h1-7,17H,16H2,(H,18,19). The number of carboxylic acids is 1. The van der Waals surface area contributed by atoms with Gasteiger partial charge in [-0.1, -0.05) is 0 Å². The van der Waals surface area contributed by atoms with Crippen molar-refractivity contribution in [2.75, 3.05) is 11.1 Å². The van der Waals surface area contributed by atoms with E-state index >= 15 is 0 Å². The molecular formula is C14H11N3O2. The van der Waals surface area contributed by atoms with Crippen molar-refractivity contribution < 1.29 is 9.90 Å². The second kappa shape index (κ2) is 5.10. The first-order valence-electron chi connectivity index (χ1n) is 5.50. The Balaban J connectivity index is 2.21. The number of anilines is 3. The van der Waals surface area contributed by atoms with Gasteiger partial charge in [0.2, 0.25) is 0 Å². The van der Waals surface area contributed by atoms with Crippen LogP contribution in [-0.2, 0) is 0 Å². The number of benzene rings is 2. The summed E-state index contributed by atoms with van der Waals surface area (Å²) >= 11 is 0. The van der Waals surface area contributed by atoms with Gasteiger partial charge in [-0.05, 0) is 42.5 Å². The first kappa shape index (κ1) is 12.5. The molecule has 0 saturated carbocycles. The highest BCUT2D eigenvalue weighted by Gasteiger charge is 2.07. The van der Waals surface area contributed by atoms with Crippen LogP contribution in [0.25, 0.3) is 0 Å². The van der Waals surface area contributed by atoms with Gasteiger partial charge in [-0.15, -0.1) is 0 Å². The Kier molecular flexibility index (Phi) is 3.35. The predicted molar refractivity (Wildman–Crippen MR) is 72.3 cm³/mol. The van der Waals surface area contributed by atoms with Crippen molar-refractivity contribution in [3.63, 3.8) is 0 Å². The summed E-state index contributed by atoms with van der Waals surface area (Å²) in [4.78, 5) is 10.8. The van der Waals surface area contributed by atoms with Crippen molar-refractivity contribution in [1.29, 1.82) is 5.26 Å². The van der Waals surface area contributed by atoms with Crippen molar-refractivity contribution in [1.82, 2.24) is 0 Å². The average molecular weight is 253 g/mol. The molecule has 2 aromatic carbocycles. The van der Waals surface area contributed by atoms with E-state index in [-0.39, 0.29) is 11.3 Å². The monoisotopic (exact) mass is 253 g/mol. The summed E-state index contributed by atoms with van der Waals surface area (Å²) in [7, 11) is 0. The zero-order chi connectivity index (χ0) is 13.8. The molecule has 0 amide bonds. The normalized spacial score (nSPS) is 9.63. The van der Waals surface area contributed by atoms with Crippen LogP contribution >= 0.6 is 0 Å². The Hall–Kier alpha value is -3.00. The third-order valence-electron chi connectivity index (χ3n) is 2.58. The SMILES string of the molecule is N#Cc1ccc(Nc2ccc(C(=O)O)c(N)c2)cc1. The van der Waals surface area contributed by atoms with Gasteiger partial charge in [0.25, 0.3) is 0 Å². The average Bonchev–Trinajstić information content (AvgIpc) is 2.39. The second-order valence-corrected chi connectivity index (χ2v) is 3.92. The lowest BCUT2D eigenvalue weighted by molar-refractivity contribution is 0.0698. The number of nitrogen functional groups attached to an aromatic ring is 1. The molecule has 2 aromatic rings. The maximum atomic E-state index is 10.8. The van der Waals surface area contributed by atoms with Crippen molar-refractivity contribution in [2.45, 2.75) is 0 Å². The van der Waals surface area contributed by atoms with Crippen molar-refractivity contribution >= 4 is 23.0 Å². The summed E-state index contributed by atoms with van der Waals surface area (Å²) in [5.74, 6) is -1.05. The zero-order valence-electron chi connectivity index (χ0n) is 9.92. The smallest absolute Gasteiger partial charge is 0.337 e. The lowest BCUT2D eigenvalue weighted by atomic mass is 10.1. The highest BCUT2D eigenvalue weighted by Crippen LogP contribution is 2.22. The van der Waals surface area contributed by atoms with Crippen LogP contribution < -0.4 is 11.1 Å². The molecule has 0 spiro atoms. The van der Waals surface area contributed by atoms with E-state index in [0.29, 0.717) is 11.3 Å². The molecule has 5 heteroatoms. The van der Waals surface area contributed by atoms with Crippen molar-refractivity contribution in [2.24, 2.45) is 0 Å². The number of nitrogens with one attached hydrogen (secondary N) is 1. The summed E-state index contributed by atoms with van der Waals surface area (Å²) in [5, 5.41) is 20.6. The number of carbonyl (C=O) groups is 1. The fraction of sp³-hybridized carbons (Fsp3) is 0. The van der Waals surface area contributed by atoms with E-state index in [1.165, 1.54) is 6.07 Å². The van der Waals surface area contributed by atoms with Crippen molar-refractivity contribution in [3.8, 4) is 6.07 Å². The topological polar surface area (TPSA) is 99.1 Å².